The van der Waals surface area contributed by atoms with E-state index >= 15 is 0 Å². The van der Waals surface area contributed by atoms with E-state index in [0.717, 1.165) is 18.5 Å². The summed E-state index contributed by atoms with van der Waals surface area (Å²) in [5.74, 6) is 0. The van der Waals surface area contributed by atoms with Gasteiger partial charge in [0.1, 0.15) is 0 Å². The molecule has 1 aliphatic rings. The fourth-order valence-corrected chi connectivity index (χ4v) is 1.16. The molecule has 1 aromatic rings. The second-order valence-corrected chi connectivity index (χ2v) is 3.20. The monoisotopic (exact) mass is 189 g/mol. The molecule has 74 valence electrons. The van der Waals surface area contributed by atoms with Crippen LogP contribution in [-0.2, 0) is 5.54 Å². The Kier molecular flexibility index (Phi) is 3.21. The topological polar surface area (TPSA) is 62.7 Å². The maximum absolute atomic E-state index is 8.63. The standard InChI is InChI=1S/C9H9N3.C2H6/c10-6-7-1-4-12-8(5-7)9(11)2-3-9;1-2/h1,4-5H,2-3,11H2;1-2H3. The molecular weight excluding hydrogens is 174 g/mol. The molecule has 0 aliphatic heterocycles. The van der Waals surface area contributed by atoms with Crippen molar-refractivity contribution in [2.45, 2.75) is 32.2 Å². The van der Waals surface area contributed by atoms with Gasteiger partial charge in [-0.1, -0.05) is 13.8 Å². The van der Waals surface area contributed by atoms with E-state index in [2.05, 4.69) is 11.1 Å². The minimum atomic E-state index is -0.229. The third-order valence-electron chi connectivity index (χ3n) is 2.19. The average Bonchev–Trinajstić information content (AvgIpc) is 3.01. The molecule has 0 atom stereocenters. The summed E-state index contributed by atoms with van der Waals surface area (Å²) in [6.07, 6.45) is 3.60. The molecular formula is C11H15N3. The van der Waals surface area contributed by atoms with Gasteiger partial charge in [0.15, 0.2) is 0 Å². The Labute approximate surface area is 84.6 Å². The molecule has 0 aromatic carbocycles. The number of hydrogen-bond acceptors (Lipinski definition) is 3. The second-order valence-electron chi connectivity index (χ2n) is 3.20. The van der Waals surface area contributed by atoms with E-state index < -0.39 is 0 Å². The summed E-state index contributed by atoms with van der Waals surface area (Å²) in [4.78, 5) is 4.14. The van der Waals surface area contributed by atoms with Crippen LogP contribution in [-0.4, -0.2) is 4.98 Å². The SMILES string of the molecule is CC.N#Cc1ccnc(C2(N)CC2)c1. The number of hydrogen-bond donors (Lipinski definition) is 1. The van der Waals surface area contributed by atoms with Gasteiger partial charge in [-0.15, -0.1) is 0 Å². The summed E-state index contributed by atoms with van der Waals surface area (Å²) in [6.45, 7) is 4.00. The summed E-state index contributed by atoms with van der Waals surface area (Å²) in [6, 6.07) is 5.53. The van der Waals surface area contributed by atoms with Crippen molar-refractivity contribution >= 4 is 0 Å². The summed E-state index contributed by atoms with van der Waals surface area (Å²) in [7, 11) is 0. The van der Waals surface area contributed by atoms with Crippen molar-refractivity contribution in [2.75, 3.05) is 0 Å². The van der Waals surface area contributed by atoms with E-state index in [9.17, 15) is 0 Å². The smallest absolute Gasteiger partial charge is 0.0992 e. The molecule has 0 unspecified atom stereocenters. The zero-order chi connectivity index (χ0) is 10.6. The second kappa shape index (κ2) is 4.21. The van der Waals surface area contributed by atoms with E-state index in [1.165, 1.54) is 0 Å². The molecule has 1 aromatic heterocycles. The molecule has 0 radical (unpaired) electrons. The normalized spacial score (nSPS) is 16.1. The Bertz CT molecular complexity index is 348. The van der Waals surface area contributed by atoms with Crippen LogP contribution in [0.4, 0.5) is 0 Å². The number of pyridine rings is 1. The molecule has 3 heteroatoms. The summed E-state index contributed by atoms with van der Waals surface area (Å²) >= 11 is 0. The Hall–Kier alpha value is -1.40. The Balaban J connectivity index is 0.000000461. The number of rotatable bonds is 1. The Morgan fingerprint density at radius 2 is 2.14 bits per heavy atom. The van der Waals surface area contributed by atoms with Crippen molar-refractivity contribution in [3.05, 3.63) is 29.6 Å². The molecule has 0 spiro atoms. The third-order valence-corrected chi connectivity index (χ3v) is 2.19. The molecule has 1 saturated carbocycles. The highest BCUT2D eigenvalue weighted by Gasteiger charge is 2.41. The zero-order valence-electron chi connectivity index (χ0n) is 8.62. The molecule has 2 N–H and O–H groups in total. The number of nitriles is 1. The first kappa shape index (κ1) is 10.7. The van der Waals surface area contributed by atoms with Gasteiger partial charge in [-0.3, -0.25) is 4.98 Å². The molecule has 1 heterocycles. The van der Waals surface area contributed by atoms with Gasteiger partial charge in [0.2, 0.25) is 0 Å². The lowest BCUT2D eigenvalue weighted by Gasteiger charge is -2.06. The van der Waals surface area contributed by atoms with Crippen molar-refractivity contribution in [1.82, 2.24) is 4.98 Å². The van der Waals surface area contributed by atoms with Crippen LogP contribution in [0, 0.1) is 11.3 Å². The third kappa shape index (κ3) is 2.09. The van der Waals surface area contributed by atoms with Crippen LogP contribution in [0.5, 0.6) is 0 Å². The summed E-state index contributed by atoms with van der Waals surface area (Å²) < 4.78 is 0. The molecule has 0 amide bonds. The lowest BCUT2D eigenvalue weighted by atomic mass is 10.1. The predicted octanol–water partition coefficient (Wildman–Crippen LogP) is 1.93. The van der Waals surface area contributed by atoms with Crippen molar-refractivity contribution in [2.24, 2.45) is 5.73 Å². The quantitative estimate of drug-likeness (QED) is 0.734. The first-order chi connectivity index (χ1) is 6.74. The Morgan fingerprint density at radius 3 is 2.64 bits per heavy atom. The van der Waals surface area contributed by atoms with E-state index in [-0.39, 0.29) is 5.54 Å². The molecule has 2 rings (SSSR count). The van der Waals surface area contributed by atoms with Gasteiger partial charge in [0.25, 0.3) is 0 Å². The lowest BCUT2D eigenvalue weighted by molar-refractivity contribution is 0.707. The van der Waals surface area contributed by atoms with Crippen LogP contribution in [0.1, 0.15) is 37.9 Å². The van der Waals surface area contributed by atoms with Crippen LogP contribution in [0.25, 0.3) is 0 Å². The fraction of sp³-hybridized carbons (Fsp3) is 0.455. The van der Waals surface area contributed by atoms with Gasteiger partial charge in [-0.05, 0) is 25.0 Å². The van der Waals surface area contributed by atoms with Gasteiger partial charge in [-0.25, -0.2) is 0 Å². The summed E-state index contributed by atoms with van der Waals surface area (Å²) in [5, 5.41) is 8.63. The number of nitrogens with two attached hydrogens (primary N) is 1. The minimum Gasteiger partial charge on any atom is -0.320 e. The first-order valence-corrected chi connectivity index (χ1v) is 4.90. The minimum absolute atomic E-state index is 0.229. The zero-order valence-corrected chi connectivity index (χ0v) is 8.62. The van der Waals surface area contributed by atoms with Crippen molar-refractivity contribution < 1.29 is 0 Å². The largest absolute Gasteiger partial charge is 0.320 e. The van der Waals surface area contributed by atoms with Crippen LogP contribution in [0.2, 0.25) is 0 Å². The van der Waals surface area contributed by atoms with E-state index in [4.69, 9.17) is 11.0 Å². The maximum atomic E-state index is 8.63. The van der Waals surface area contributed by atoms with Crippen LogP contribution >= 0.6 is 0 Å². The van der Waals surface area contributed by atoms with Crippen molar-refractivity contribution in [3.63, 3.8) is 0 Å². The summed E-state index contributed by atoms with van der Waals surface area (Å²) in [5.41, 5.74) is 7.17. The average molecular weight is 189 g/mol. The van der Waals surface area contributed by atoms with Gasteiger partial charge < -0.3 is 5.73 Å². The van der Waals surface area contributed by atoms with Crippen LogP contribution in [0.15, 0.2) is 18.3 Å². The molecule has 0 bridgehead atoms. The van der Waals surface area contributed by atoms with E-state index in [0.29, 0.717) is 5.56 Å². The van der Waals surface area contributed by atoms with Gasteiger partial charge in [-0.2, -0.15) is 5.26 Å². The molecule has 1 fully saturated rings. The molecule has 1 aliphatic carbocycles. The molecule has 14 heavy (non-hydrogen) atoms. The highest BCUT2D eigenvalue weighted by Crippen LogP contribution is 2.41. The van der Waals surface area contributed by atoms with Gasteiger partial charge >= 0.3 is 0 Å². The van der Waals surface area contributed by atoms with E-state index in [1.807, 2.05) is 13.8 Å². The Morgan fingerprint density at radius 1 is 1.50 bits per heavy atom. The van der Waals surface area contributed by atoms with Gasteiger partial charge in [0, 0.05) is 6.20 Å². The first-order valence-electron chi connectivity index (χ1n) is 4.90. The fourth-order valence-electron chi connectivity index (χ4n) is 1.16. The van der Waals surface area contributed by atoms with Gasteiger partial charge in [0.05, 0.1) is 22.9 Å². The highest BCUT2D eigenvalue weighted by atomic mass is 14.9. The maximum Gasteiger partial charge on any atom is 0.0992 e. The number of nitrogens with zero attached hydrogens (tertiary/aromatic N) is 2. The predicted molar refractivity (Wildman–Crippen MR) is 55.4 cm³/mol. The highest BCUT2D eigenvalue weighted by molar-refractivity contribution is 5.33. The lowest BCUT2D eigenvalue weighted by Crippen LogP contribution is -2.20. The number of aromatic nitrogens is 1. The molecule has 3 nitrogen and oxygen atoms in total. The van der Waals surface area contributed by atoms with Crippen molar-refractivity contribution in [1.29, 1.82) is 5.26 Å². The van der Waals surface area contributed by atoms with Crippen LogP contribution < -0.4 is 5.73 Å². The molecule has 0 saturated heterocycles. The van der Waals surface area contributed by atoms with E-state index in [1.54, 1.807) is 18.3 Å². The van der Waals surface area contributed by atoms with Crippen LogP contribution in [0.3, 0.4) is 0 Å². The van der Waals surface area contributed by atoms with Crippen molar-refractivity contribution in [3.8, 4) is 6.07 Å².